The number of aromatic carboxylic acids is 1. The van der Waals surface area contributed by atoms with Gasteiger partial charge in [0.05, 0.1) is 14.5 Å². The summed E-state index contributed by atoms with van der Waals surface area (Å²) >= 11 is 6.36. The first-order chi connectivity index (χ1) is 9.76. The zero-order valence-corrected chi connectivity index (χ0v) is 14.2. The monoisotopic (exact) mass is 422 g/mol. The Balaban J connectivity index is 2.90. The fourth-order valence-electron chi connectivity index (χ4n) is 1.30. The lowest BCUT2D eigenvalue weighted by Gasteiger charge is -2.16. The number of benzene rings is 1. The lowest BCUT2D eigenvalue weighted by atomic mass is 10.2. The van der Waals surface area contributed by atoms with Crippen molar-refractivity contribution in [2.75, 3.05) is 7.05 Å². The standard InChI is InChI=1S/C12H12Br2N2O5/c1-5(10(17)16-12(20)15-2)21-9-7(13)3-6(11(18)19)4-8(9)14/h3-5H,1-2H3,(H,18,19)(H2,15,16,17,20). The summed E-state index contributed by atoms with van der Waals surface area (Å²) in [6, 6.07) is 2.06. The molecule has 0 saturated carbocycles. The third kappa shape index (κ3) is 4.71. The van der Waals surface area contributed by atoms with Crippen LogP contribution in [0.25, 0.3) is 0 Å². The van der Waals surface area contributed by atoms with E-state index in [1.54, 1.807) is 0 Å². The normalized spacial score (nSPS) is 11.4. The molecule has 0 radical (unpaired) electrons. The summed E-state index contributed by atoms with van der Waals surface area (Å²) < 4.78 is 6.18. The van der Waals surface area contributed by atoms with E-state index in [1.165, 1.54) is 26.1 Å². The van der Waals surface area contributed by atoms with Crippen molar-refractivity contribution in [2.24, 2.45) is 0 Å². The van der Waals surface area contributed by atoms with Crippen molar-refractivity contribution in [3.05, 3.63) is 26.6 Å². The van der Waals surface area contributed by atoms with Gasteiger partial charge in [-0.3, -0.25) is 10.1 Å². The average Bonchev–Trinajstić information content (AvgIpc) is 2.41. The quantitative estimate of drug-likeness (QED) is 0.688. The number of hydrogen-bond donors (Lipinski definition) is 3. The molecule has 1 unspecified atom stereocenters. The Labute approximate surface area is 137 Å². The molecule has 0 heterocycles. The summed E-state index contributed by atoms with van der Waals surface area (Å²) in [6.45, 7) is 1.46. The molecule has 0 bridgehead atoms. The molecular weight excluding hydrogens is 412 g/mol. The van der Waals surface area contributed by atoms with Crippen molar-refractivity contribution in [2.45, 2.75) is 13.0 Å². The van der Waals surface area contributed by atoms with Crippen molar-refractivity contribution in [3.8, 4) is 5.75 Å². The Morgan fingerprint density at radius 2 is 1.76 bits per heavy atom. The van der Waals surface area contributed by atoms with Crippen molar-refractivity contribution in [1.82, 2.24) is 10.6 Å². The maximum atomic E-state index is 11.7. The lowest BCUT2D eigenvalue weighted by Crippen LogP contribution is -2.44. The van der Waals surface area contributed by atoms with Gasteiger partial charge in [-0.05, 0) is 50.9 Å². The molecule has 0 aromatic heterocycles. The van der Waals surface area contributed by atoms with Crippen LogP contribution in [0.3, 0.4) is 0 Å². The number of halogens is 2. The highest BCUT2D eigenvalue weighted by Gasteiger charge is 2.20. The van der Waals surface area contributed by atoms with Crippen LogP contribution in [0, 0.1) is 0 Å². The summed E-state index contributed by atoms with van der Waals surface area (Å²) in [5.74, 6) is -1.46. The molecule has 1 aromatic rings. The van der Waals surface area contributed by atoms with Gasteiger partial charge in [-0.15, -0.1) is 0 Å². The highest BCUT2D eigenvalue weighted by Crippen LogP contribution is 2.35. The van der Waals surface area contributed by atoms with Gasteiger partial charge in [0.1, 0.15) is 5.75 Å². The van der Waals surface area contributed by atoms with Crippen LogP contribution >= 0.6 is 31.9 Å². The molecule has 1 aromatic carbocycles. The van der Waals surface area contributed by atoms with Crippen LogP contribution in [0.1, 0.15) is 17.3 Å². The highest BCUT2D eigenvalue weighted by atomic mass is 79.9. The molecule has 1 atom stereocenters. The first-order valence-corrected chi connectivity index (χ1v) is 7.26. The summed E-state index contributed by atoms with van der Waals surface area (Å²) in [5, 5.41) is 13.3. The Kier molecular flexibility index (Phi) is 6.16. The fraction of sp³-hybridized carbons (Fsp3) is 0.250. The number of carbonyl (C=O) groups excluding carboxylic acids is 2. The molecule has 0 fully saturated rings. The van der Waals surface area contributed by atoms with Crippen LogP contribution in [-0.4, -0.2) is 36.2 Å². The fourth-order valence-corrected chi connectivity index (χ4v) is 2.68. The van der Waals surface area contributed by atoms with Gasteiger partial charge < -0.3 is 15.2 Å². The highest BCUT2D eigenvalue weighted by molar-refractivity contribution is 9.11. The number of hydrogen-bond acceptors (Lipinski definition) is 4. The van der Waals surface area contributed by atoms with E-state index in [1.807, 2.05) is 0 Å². The predicted octanol–water partition coefficient (Wildman–Crippen LogP) is 2.13. The topological polar surface area (TPSA) is 105 Å². The molecule has 114 valence electrons. The van der Waals surface area contributed by atoms with E-state index in [0.717, 1.165) is 0 Å². The van der Waals surface area contributed by atoms with E-state index in [-0.39, 0.29) is 11.3 Å². The van der Waals surface area contributed by atoms with Crippen LogP contribution < -0.4 is 15.4 Å². The predicted molar refractivity (Wildman–Crippen MR) is 81.5 cm³/mol. The second-order valence-corrected chi connectivity index (χ2v) is 5.61. The van der Waals surface area contributed by atoms with E-state index in [0.29, 0.717) is 8.95 Å². The summed E-state index contributed by atoms with van der Waals surface area (Å²) in [7, 11) is 1.38. The largest absolute Gasteiger partial charge is 0.479 e. The number of carboxylic acids is 1. The minimum absolute atomic E-state index is 0.0589. The zero-order chi connectivity index (χ0) is 16.2. The molecule has 0 spiro atoms. The first kappa shape index (κ1) is 17.4. The minimum atomic E-state index is -1.09. The number of nitrogens with one attached hydrogen (secondary N) is 2. The smallest absolute Gasteiger partial charge is 0.335 e. The number of carboxylic acid groups (broad SMARTS) is 1. The number of ether oxygens (including phenoxy) is 1. The van der Waals surface area contributed by atoms with Gasteiger partial charge >= 0.3 is 12.0 Å². The molecule has 0 aliphatic rings. The van der Waals surface area contributed by atoms with E-state index in [9.17, 15) is 14.4 Å². The Morgan fingerprint density at radius 1 is 1.24 bits per heavy atom. The Hall–Kier alpha value is -1.61. The molecule has 0 aliphatic carbocycles. The van der Waals surface area contributed by atoms with E-state index in [2.05, 4.69) is 42.5 Å². The van der Waals surface area contributed by atoms with Crippen LogP contribution in [0.4, 0.5) is 4.79 Å². The average molecular weight is 424 g/mol. The zero-order valence-electron chi connectivity index (χ0n) is 11.1. The SMILES string of the molecule is CNC(=O)NC(=O)C(C)Oc1c(Br)cc(C(=O)O)cc1Br. The summed E-state index contributed by atoms with van der Waals surface area (Å²) in [6.07, 6.45) is -0.953. The molecule has 0 aliphatic heterocycles. The molecule has 7 nitrogen and oxygen atoms in total. The number of carbonyl (C=O) groups is 3. The molecule has 9 heteroatoms. The number of imide groups is 1. The van der Waals surface area contributed by atoms with Crippen LogP contribution in [-0.2, 0) is 4.79 Å². The van der Waals surface area contributed by atoms with E-state index in [4.69, 9.17) is 9.84 Å². The van der Waals surface area contributed by atoms with Crippen LogP contribution in [0.2, 0.25) is 0 Å². The lowest BCUT2D eigenvalue weighted by molar-refractivity contribution is -0.126. The van der Waals surface area contributed by atoms with Gasteiger partial charge in [0.25, 0.3) is 5.91 Å². The third-order valence-corrected chi connectivity index (χ3v) is 3.55. The van der Waals surface area contributed by atoms with Gasteiger partial charge in [-0.2, -0.15) is 0 Å². The van der Waals surface area contributed by atoms with Crippen LogP contribution in [0.15, 0.2) is 21.1 Å². The molecule has 3 N–H and O–H groups in total. The van der Waals surface area contributed by atoms with Gasteiger partial charge in [0.2, 0.25) is 0 Å². The van der Waals surface area contributed by atoms with E-state index >= 15 is 0 Å². The van der Waals surface area contributed by atoms with E-state index < -0.39 is 24.0 Å². The Morgan fingerprint density at radius 3 is 2.19 bits per heavy atom. The second-order valence-electron chi connectivity index (χ2n) is 3.90. The maximum Gasteiger partial charge on any atom is 0.335 e. The van der Waals surface area contributed by atoms with Gasteiger partial charge in [-0.25, -0.2) is 9.59 Å². The van der Waals surface area contributed by atoms with Gasteiger partial charge in [-0.1, -0.05) is 0 Å². The molecular formula is C12H12Br2N2O5. The summed E-state index contributed by atoms with van der Waals surface area (Å²) in [5.41, 5.74) is 0.0589. The second kappa shape index (κ2) is 7.41. The summed E-state index contributed by atoms with van der Waals surface area (Å²) in [4.78, 5) is 33.7. The van der Waals surface area contributed by atoms with Crippen molar-refractivity contribution in [3.63, 3.8) is 0 Å². The van der Waals surface area contributed by atoms with Crippen LogP contribution in [0.5, 0.6) is 5.75 Å². The number of urea groups is 1. The van der Waals surface area contributed by atoms with Crippen molar-refractivity contribution >= 4 is 49.8 Å². The van der Waals surface area contributed by atoms with Crippen molar-refractivity contribution < 1.29 is 24.2 Å². The molecule has 21 heavy (non-hydrogen) atoms. The number of rotatable bonds is 4. The maximum absolute atomic E-state index is 11.7. The molecule has 0 saturated heterocycles. The Bertz CT molecular complexity index is 568. The molecule has 1 rings (SSSR count). The number of amides is 3. The minimum Gasteiger partial charge on any atom is -0.479 e. The van der Waals surface area contributed by atoms with Gasteiger partial charge in [0, 0.05) is 7.05 Å². The first-order valence-electron chi connectivity index (χ1n) is 5.67. The van der Waals surface area contributed by atoms with Crippen molar-refractivity contribution in [1.29, 1.82) is 0 Å². The van der Waals surface area contributed by atoms with Gasteiger partial charge in [0.15, 0.2) is 6.10 Å². The third-order valence-electron chi connectivity index (χ3n) is 2.37. The molecule has 3 amide bonds.